The van der Waals surface area contributed by atoms with Crippen LogP contribution >= 0.6 is 0 Å². The summed E-state index contributed by atoms with van der Waals surface area (Å²) in [5.74, 6) is -0.541. The van der Waals surface area contributed by atoms with Crippen molar-refractivity contribution in [2.45, 2.75) is 13.1 Å². The van der Waals surface area contributed by atoms with Crippen LogP contribution in [0.3, 0.4) is 0 Å². The standard InChI is InChI=1S/C56H40BF2N3Si/c1-63(2)52-33-17-31-48-55(52)57-54-50(61(48)46-29-15-11-25-42(46)40-23-9-13-27-44(40)58)35-39(60(37-19-5-3-6-20-37)38-21-7-4-8-22-38)36-51(54)62(49-32-18-34-53(63)56(49)57)47-30-16-12-26-43(47)41-24-10-14-28-45(41)59/h3-36H,1-2H3. The molecule has 7 heteroatoms. The van der Waals surface area contributed by atoms with Crippen molar-refractivity contribution in [3.8, 4) is 22.3 Å². The number of hydrogen-bond acceptors (Lipinski definition) is 3. The third-order valence-corrected chi connectivity index (χ3v) is 16.9. The highest BCUT2D eigenvalue weighted by atomic mass is 28.3. The van der Waals surface area contributed by atoms with Gasteiger partial charge in [-0.05, 0) is 89.2 Å². The summed E-state index contributed by atoms with van der Waals surface area (Å²) in [6, 6.07) is 69.9. The number of benzene rings is 9. The van der Waals surface area contributed by atoms with Gasteiger partial charge in [0.2, 0.25) is 0 Å². The van der Waals surface area contributed by atoms with Crippen molar-refractivity contribution in [1.29, 1.82) is 0 Å². The van der Waals surface area contributed by atoms with Crippen LogP contribution in [0, 0.1) is 11.6 Å². The van der Waals surface area contributed by atoms with E-state index in [0.29, 0.717) is 11.1 Å². The first-order chi connectivity index (χ1) is 30.9. The second-order valence-electron chi connectivity index (χ2n) is 17.1. The van der Waals surface area contributed by atoms with Crippen LogP contribution in [-0.2, 0) is 0 Å². The summed E-state index contributed by atoms with van der Waals surface area (Å²) in [6.45, 7) is 4.85. The second-order valence-corrected chi connectivity index (χ2v) is 21.4. The Balaban J connectivity index is 1.25. The first kappa shape index (κ1) is 37.3. The van der Waals surface area contributed by atoms with E-state index in [2.05, 4.69) is 149 Å². The average molecular weight is 832 g/mol. The lowest BCUT2D eigenvalue weighted by Gasteiger charge is -2.50. The van der Waals surface area contributed by atoms with E-state index in [4.69, 9.17) is 0 Å². The molecular formula is C56H40BF2N3Si. The highest BCUT2D eigenvalue weighted by Crippen LogP contribution is 2.51. The molecule has 3 nitrogen and oxygen atoms in total. The fourth-order valence-electron chi connectivity index (χ4n) is 10.7. The van der Waals surface area contributed by atoms with E-state index in [0.717, 1.165) is 67.8 Å². The molecule has 3 heterocycles. The van der Waals surface area contributed by atoms with Crippen LogP contribution in [0.15, 0.2) is 206 Å². The van der Waals surface area contributed by atoms with E-state index in [1.807, 2.05) is 60.7 Å². The Kier molecular flexibility index (Phi) is 8.46. The number of anilines is 9. The predicted molar refractivity (Wildman–Crippen MR) is 263 cm³/mol. The summed E-state index contributed by atoms with van der Waals surface area (Å²) in [7, 11) is -2.34. The van der Waals surface area contributed by atoms with E-state index < -0.39 is 8.07 Å². The molecule has 0 aliphatic carbocycles. The number of para-hydroxylation sites is 4. The molecule has 0 radical (unpaired) electrons. The van der Waals surface area contributed by atoms with Gasteiger partial charge in [0.1, 0.15) is 19.7 Å². The smallest absolute Gasteiger partial charge is 0.251 e. The average Bonchev–Trinajstić information content (AvgIpc) is 3.32. The van der Waals surface area contributed by atoms with Crippen LogP contribution in [0.2, 0.25) is 13.1 Å². The van der Waals surface area contributed by atoms with Crippen molar-refractivity contribution >= 4 is 92.7 Å². The summed E-state index contributed by atoms with van der Waals surface area (Å²) >= 11 is 0. The fraction of sp³-hybridized carbons (Fsp3) is 0.0357. The van der Waals surface area contributed by atoms with E-state index in [-0.39, 0.29) is 18.3 Å². The molecule has 0 atom stereocenters. The molecule has 0 spiro atoms. The van der Waals surface area contributed by atoms with Crippen molar-refractivity contribution in [2.75, 3.05) is 14.7 Å². The van der Waals surface area contributed by atoms with Gasteiger partial charge in [-0.25, -0.2) is 8.78 Å². The normalized spacial score (nSPS) is 13.7. The minimum Gasteiger partial charge on any atom is -0.311 e. The van der Waals surface area contributed by atoms with Gasteiger partial charge in [0.15, 0.2) is 0 Å². The summed E-state index contributed by atoms with van der Waals surface area (Å²) in [5, 5.41) is 2.80. The number of halogens is 2. The van der Waals surface area contributed by atoms with Crippen LogP contribution in [0.25, 0.3) is 22.3 Å². The molecule has 0 fully saturated rings. The predicted octanol–water partition coefficient (Wildman–Crippen LogP) is 12.0. The van der Waals surface area contributed by atoms with Crippen molar-refractivity contribution in [3.05, 3.63) is 218 Å². The van der Waals surface area contributed by atoms with Gasteiger partial charge in [-0.1, -0.05) is 157 Å². The third-order valence-electron chi connectivity index (χ3n) is 13.4. The largest absolute Gasteiger partial charge is 0.311 e. The summed E-state index contributed by atoms with van der Waals surface area (Å²) < 4.78 is 32.2. The van der Waals surface area contributed by atoms with Gasteiger partial charge in [-0.2, -0.15) is 0 Å². The summed E-state index contributed by atoms with van der Waals surface area (Å²) in [4.78, 5) is 7.11. The molecule has 9 aromatic rings. The topological polar surface area (TPSA) is 9.72 Å². The molecule has 0 amide bonds. The zero-order valence-corrected chi connectivity index (χ0v) is 35.8. The molecule has 0 unspecified atom stereocenters. The summed E-state index contributed by atoms with van der Waals surface area (Å²) in [6.07, 6.45) is 0. The van der Waals surface area contributed by atoms with Gasteiger partial charge < -0.3 is 14.7 Å². The van der Waals surface area contributed by atoms with E-state index in [9.17, 15) is 0 Å². The molecule has 63 heavy (non-hydrogen) atoms. The Bertz CT molecular complexity index is 3070. The number of hydrogen-bond donors (Lipinski definition) is 0. The van der Waals surface area contributed by atoms with Gasteiger partial charge in [-0.3, -0.25) is 0 Å². The molecule has 0 bridgehead atoms. The number of nitrogens with zero attached hydrogens (tertiary/aromatic N) is 3. The molecule has 3 aliphatic rings. The van der Waals surface area contributed by atoms with Crippen LogP contribution in [0.1, 0.15) is 0 Å². The highest BCUT2D eigenvalue weighted by molar-refractivity contribution is 7.16. The molecule has 0 saturated carbocycles. The third kappa shape index (κ3) is 5.56. The Morgan fingerprint density at radius 2 is 0.746 bits per heavy atom. The van der Waals surface area contributed by atoms with Crippen LogP contribution in [0.4, 0.5) is 60.0 Å². The Hall–Kier alpha value is -7.48. The maximum Gasteiger partial charge on any atom is 0.251 e. The minimum absolute atomic E-state index is 0.0855. The zero-order valence-electron chi connectivity index (χ0n) is 34.8. The van der Waals surface area contributed by atoms with Gasteiger partial charge in [-0.15, -0.1) is 0 Å². The quantitative estimate of drug-likeness (QED) is 0.148. The Morgan fingerprint density at radius 1 is 0.365 bits per heavy atom. The molecular weight excluding hydrogens is 792 g/mol. The lowest BCUT2D eigenvalue weighted by molar-refractivity contribution is 0.631. The minimum atomic E-state index is -2.34. The van der Waals surface area contributed by atoms with Crippen molar-refractivity contribution < 1.29 is 8.78 Å². The Morgan fingerprint density at radius 3 is 1.19 bits per heavy atom. The van der Waals surface area contributed by atoms with Crippen molar-refractivity contribution in [3.63, 3.8) is 0 Å². The SMILES string of the molecule is C[Si]1(C)c2cccc3c2B2c4c(cc(N(c5ccccc5)c5ccccc5)cc4N(c4ccccc4-c4ccccc4F)c4cccc1c42)N3c1ccccc1-c1ccccc1F. The number of rotatable bonds is 7. The molecule has 0 aromatic heterocycles. The van der Waals surface area contributed by atoms with E-state index in [1.54, 1.807) is 24.3 Å². The maximum atomic E-state index is 16.1. The first-order valence-corrected chi connectivity index (χ1v) is 24.5. The Labute approximate surface area is 367 Å². The van der Waals surface area contributed by atoms with Crippen LogP contribution in [-0.4, -0.2) is 14.8 Å². The van der Waals surface area contributed by atoms with Gasteiger partial charge in [0.25, 0.3) is 6.71 Å². The highest BCUT2D eigenvalue weighted by Gasteiger charge is 2.52. The second kappa shape index (κ2) is 14.3. The van der Waals surface area contributed by atoms with E-state index in [1.165, 1.54) is 21.3 Å². The molecule has 9 aromatic carbocycles. The first-order valence-electron chi connectivity index (χ1n) is 21.5. The monoisotopic (exact) mass is 831 g/mol. The van der Waals surface area contributed by atoms with Crippen molar-refractivity contribution in [1.82, 2.24) is 0 Å². The maximum absolute atomic E-state index is 16.1. The molecule has 300 valence electrons. The lowest BCUT2D eigenvalue weighted by Crippen LogP contribution is -2.79. The zero-order chi connectivity index (χ0) is 42.4. The molecule has 0 saturated heterocycles. The molecule has 3 aliphatic heterocycles. The lowest BCUT2D eigenvalue weighted by atomic mass is 9.33. The summed E-state index contributed by atoms with van der Waals surface area (Å²) in [5.41, 5.74) is 15.4. The van der Waals surface area contributed by atoms with Crippen LogP contribution < -0.4 is 41.5 Å². The van der Waals surface area contributed by atoms with Crippen molar-refractivity contribution in [2.24, 2.45) is 0 Å². The van der Waals surface area contributed by atoms with E-state index >= 15 is 8.78 Å². The fourth-order valence-corrected chi connectivity index (χ4v) is 13.9. The molecule has 12 rings (SSSR count). The van der Waals surface area contributed by atoms with Gasteiger partial charge >= 0.3 is 0 Å². The molecule has 0 N–H and O–H groups in total. The van der Waals surface area contributed by atoms with Crippen LogP contribution in [0.5, 0.6) is 0 Å². The van der Waals surface area contributed by atoms with Gasteiger partial charge in [0, 0.05) is 56.4 Å². The van der Waals surface area contributed by atoms with Gasteiger partial charge in [0.05, 0.1) is 17.1 Å².